The summed E-state index contributed by atoms with van der Waals surface area (Å²) in [4.78, 5) is 10.1. The monoisotopic (exact) mass is 168 g/mol. The number of rotatable bonds is 2. The molecule has 0 aliphatic rings. The zero-order chi connectivity index (χ0) is 9.14. The molecule has 0 aromatic heterocycles. The molecule has 0 unspecified atom stereocenters. The standard InChI is InChI=1S/C9H9FO2/c1-6-4-7(2-3-11)9(10)8(12)5-6/h3-5,12H,2H2,1H3. The minimum Gasteiger partial charge on any atom is -0.505 e. The quantitative estimate of drug-likeness (QED) is 0.681. The van der Waals surface area contributed by atoms with Crippen molar-refractivity contribution in [3.63, 3.8) is 0 Å². The molecule has 0 saturated heterocycles. The van der Waals surface area contributed by atoms with Crippen molar-refractivity contribution in [1.29, 1.82) is 0 Å². The number of hydrogen-bond donors (Lipinski definition) is 1. The number of benzene rings is 1. The van der Waals surface area contributed by atoms with Gasteiger partial charge in [-0.25, -0.2) is 4.39 Å². The van der Waals surface area contributed by atoms with Crippen LogP contribution in [-0.2, 0) is 11.2 Å². The van der Waals surface area contributed by atoms with Gasteiger partial charge < -0.3 is 9.90 Å². The van der Waals surface area contributed by atoms with Crippen molar-refractivity contribution in [3.05, 3.63) is 29.1 Å². The summed E-state index contributed by atoms with van der Waals surface area (Å²) in [5, 5.41) is 9.02. The van der Waals surface area contributed by atoms with Gasteiger partial charge in [0.15, 0.2) is 11.6 Å². The Kier molecular flexibility index (Phi) is 2.43. The Labute approximate surface area is 69.6 Å². The van der Waals surface area contributed by atoms with E-state index in [1.807, 2.05) is 0 Å². The van der Waals surface area contributed by atoms with Gasteiger partial charge >= 0.3 is 0 Å². The Bertz CT molecular complexity index is 308. The normalized spacial score (nSPS) is 9.83. The highest BCUT2D eigenvalue weighted by molar-refractivity contribution is 5.56. The highest BCUT2D eigenvalue weighted by atomic mass is 19.1. The van der Waals surface area contributed by atoms with E-state index in [4.69, 9.17) is 5.11 Å². The fourth-order valence-electron chi connectivity index (χ4n) is 1.06. The molecule has 0 fully saturated rings. The van der Waals surface area contributed by atoms with Crippen LogP contribution in [-0.4, -0.2) is 11.4 Å². The van der Waals surface area contributed by atoms with Gasteiger partial charge in [0, 0.05) is 6.42 Å². The summed E-state index contributed by atoms with van der Waals surface area (Å²) in [5.41, 5.74) is 0.980. The molecular weight excluding hydrogens is 159 g/mol. The second-order valence-corrected chi connectivity index (χ2v) is 2.63. The van der Waals surface area contributed by atoms with E-state index in [1.54, 1.807) is 13.0 Å². The number of aldehydes is 1. The Morgan fingerprint density at radius 2 is 2.25 bits per heavy atom. The minimum absolute atomic E-state index is 0.00106. The number of aryl methyl sites for hydroxylation is 1. The molecule has 0 spiro atoms. The topological polar surface area (TPSA) is 37.3 Å². The predicted molar refractivity (Wildman–Crippen MR) is 42.6 cm³/mol. The maximum Gasteiger partial charge on any atom is 0.168 e. The Balaban J connectivity index is 3.17. The average Bonchev–Trinajstić information content (AvgIpc) is 2.00. The van der Waals surface area contributed by atoms with E-state index in [-0.39, 0.29) is 12.0 Å². The molecule has 0 amide bonds. The molecule has 0 atom stereocenters. The van der Waals surface area contributed by atoms with Crippen molar-refractivity contribution in [2.45, 2.75) is 13.3 Å². The third kappa shape index (κ3) is 1.61. The second kappa shape index (κ2) is 3.34. The molecule has 0 bridgehead atoms. The summed E-state index contributed by atoms with van der Waals surface area (Å²) in [6.07, 6.45) is 0.609. The first kappa shape index (κ1) is 8.71. The van der Waals surface area contributed by atoms with Crippen LogP contribution in [0.3, 0.4) is 0 Å². The van der Waals surface area contributed by atoms with Crippen molar-refractivity contribution >= 4 is 6.29 Å². The number of carbonyl (C=O) groups is 1. The lowest BCUT2D eigenvalue weighted by molar-refractivity contribution is -0.107. The fraction of sp³-hybridized carbons (Fsp3) is 0.222. The summed E-state index contributed by atoms with van der Waals surface area (Å²) < 4.78 is 13.0. The molecule has 12 heavy (non-hydrogen) atoms. The van der Waals surface area contributed by atoms with Gasteiger partial charge in [0.1, 0.15) is 6.29 Å². The molecule has 2 nitrogen and oxygen atoms in total. The first-order chi connectivity index (χ1) is 5.65. The molecular formula is C9H9FO2. The van der Waals surface area contributed by atoms with Crippen LogP contribution in [0.5, 0.6) is 5.75 Å². The van der Waals surface area contributed by atoms with E-state index in [0.717, 1.165) is 5.56 Å². The largest absolute Gasteiger partial charge is 0.505 e. The van der Waals surface area contributed by atoms with Crippen LogP contribution in [0.25, 0.3) is 0 Å². The van der Waals surface area contributed by atoms with Gasteiger partial charge in [-0.1, -0.05) is 6.07 Å². The summed E-state index contributed by atoms with van der Waals surface area (Å²) in [6, 6.07) is 2.87. The Morgan fingerprint density at radius 1 is 1.58 bits per heavy atom. The molecule has 1 N–H and O–H groups in total. The highest BCUT2D eigenvalue weighted by Crippen LogP contribution is 2.21. The van der Waals surface area contributed by atoms with Crippen LogP contribution >= 0.6 is 0 Å². The molecule has 0 saturated carbocycles. The molecule has 3 heteroatoms. The van der Waals surface area contributed by atoms with E-state index < -0.39 is 11.6 Å². The number of phenolic OH excluding ortho intramolecular Hbond substituents is 1. The van der Waals surface area contributed by atoms with Gasteiger partial charge in [0.05, 0.1) is 0 Å². The molecule has 1 aromatic rings. The van der Waals surface area contributed by atoms with Gasteiger partial charge in [0.2, 0.25) is 0 Å². The molecule has 1 aromatic carbocycles. The second-order valence-electron chi connectivity index (χ2n) is 2.63. The molecule has 1 rings (SSSR count). The predicted octanol–water partition coefficient (Wildman–Crippen LogP) is 1.58. The molecule has 0 heterocycles. The summed E-state index contributed by atoms with van der Waals surface area (Å²) in [7, 11) is 0. The van der Waals surface area contributed by atoms with Crippen LogP contribution in [0.15, 0.2) is 12.1 Å². The summed E-state index contributed by atoms with van der Waals surface area (Å²) in [6.45, 7) is 1.73. The number of halogens is 1. The Morgan fingerprint density at radius 3 is 2.83 bits per heavy atom. The molecule has 0 radical (unpaired) electrons. The smallest absolute Gasteiger partial charge is 0.168 e. The minimum atomic E-state index is -0.701. The van der Waals surface area contributed by atoms with Crippen LogP contribution < -0.4 is 0 Å². The first-order valence-electron chi connectivity index (χ1n) is 3.56. The SMILES string of the molecule is Cc1cc(O)c(F)c(CC=O)c1. The summed E-state index contributed by atoms with van der Waals surface area (Å²) >= 11 is 0. The fourth-order valence-corrected chi connectivity index (χ4v) is 1.06. The van der Waals surface area contributed by atoms with Gasteiger partial charge in [-0.3, -0.25) is 0 Å². The van der Waals surface area contributed by atoms with Gasteiger partial charge in [0.25, 0.3) is 0 Å². The molecule has 0 aliphatic heterocycles. The van der Waals surface area contributed by atoms with E-state index in [0.29, 0.717) is 6.29 Å². The molecule has 0 aliphatic carbocycles. The third-order valence-electron chi connectivity index (χ3n) is 1.58. The van der Waals surface area contributed by atoms with Crippen LogP contribution in [0.4, 0.5) is 4.39 Å². The van der Waals surface area contributed by atoms with Gasteiger partial charge in [-0.15, -0.1) is 0 Å². The highest BCUT2D eigenvalue weighted by Gasteiger charge is 2.07. The maximum absolute atomic E-state index is 13.0. The maximum atomic E-state index is 13.0. The number of phenols is 1. The number of aromatic hydroxyl groups is 1. The van der Waals surface area contributed by atoms with E-state index >= 15 is 0 Å². The third-order valence-corrected chi connectivity index (χ3v) is 1.58. The van der Waals surface area contributed by atoms with Crippen molar-refractivity contribution < 1.29 is 14.3 Å². The first-order valence-corrected chi connectivity index (χ1v) is 3.56. The van der Waals surface area contributed by atoms with Crippen molar-refractivity contribution in [1.82, 2.24) is 0 Å². The van der Waals surface area contributed by atoms with Gasteiger partial charge in [-0.05, 0) is 24.1 Å². The lowest BCUT2D eigenvalue weighted by Crippen LogP contribution is -1.93. The van der Waals surface area contributed by atoms with E-state index in [9.17, 15) is 9.18 Å². The Hall–Kier alpha value is -1.38. The van der Waals surface area contributed by atoms with Crippen molar-refractivity contribution in [3.8, 4) is 5.75 Å². The zero-order valence-corrected chi connectivity index (χ0v) is 6.67. The zero-order valence-electron chi connectivity index (χ0n) is 6.67. The number of carbonyl (C=O) groups excluding carboxylic acids is 1. The van der Waals surface area contributed by atoms with E-state index in [2.05, 4.69) is 0 Å². The van der Waals surface area contributed by atoms with Crippen LogP contribution in [0.2, 0.25) is 0 Å². The molecule has 64 valence electrons. The summed E-state index contributed by atoms with van der Waals surface area (Å²) in [5.74, 6) is -1.10. The van der Waals surface area contributed by atoms with E-state index in [1.165, 1.54) is 6.07 Å². The lowest BCUT2D eigenvalue weighted by Gasteiger charge is -2.02. The number of hydrogen-bond acceptors (Lipinski definition) is 2. The van der Waals surface area contributed by atoms with Crippen molar-refractivity contribution in [2.75, 3.05) is 0 Å². The van der Waals surface area contributed by atoms with Crippen molar-refractivity contribution in [2.24, 2.45) is 0 Å². The average molecular weight is 168 g/mol. The lowest BCUT2D eigenvalue weighted by atomic mass is 10.1. The van der Waals surface area contributed by atoms with Gasteiger partial charge in [-0.2, -0.15) is 0 Å². The van der Waals surface area contributed by atoms with Crippen LogP contribution in [0, 0.1) is 12.7 Å². The van der Waals surface area contributed by atoms with Crippen LogP contribution in [0.1, 0.15) is 11.1 Å².